The molecule has 0 bridgehead atoms. The topological polar surface area (TPSA) is 104 Å². The van der Waals surface area contributed by atoms with Gasteiger partial charge in [-0.2, -0.15) is 0 Å². The van der Waals surface area contributed by atoms with Gasteiger partial charge in [0.15, 0.2) is 0 Å². The molecule has 7 nitrogen and oxygen atoms in total. The monoisotopic (exact) mass is 238 g/mol. The number of hydrogen-bond acceptors (Lipinski definition) is 4. The number of aliphatic carboxylic acids is 1. The molecule has 1 atom stereocenters. The summed E-state index contributed by atoms with van der Waals surface area (Å²) in [5.41, 5.74) is 0.682. The Morgan fingerprint density at radius 1 is 1.47 bits per heavy atom. The van der Waals surface area contributed by atoms with Crippen LogP contribution < -0.4 is 10.6 Å². The highest BCUT2D eigenvalue weighted by Gasteiger charge is 2.11. The molecule has 0 aliphatic heterocycles. The smallest absolute Gasteiger partial charge is 0.315 e. The Labute approximate surface area is 98.3 Å². The van der Waals surface area contributed by atoms with Gasteiger partial charge >= 0.3 is 12.0 Å². The van der Waals surface area contributed by atoms with Gasteiger partial charge in [-0.15, -0.1) is 0 Å². The van der Waals surface area contributed by atoms with Gasteiger partial charge in [0.25, 0.3) is 0 Å². The molecule has 1 aromatic heterocycles. The Kier molecular flexibility index (Phi) is 4.86. The molecule has 1 unspecified atom stereocenters. The highest BCUT2D eigenvalue weighted by molar-refractivity contribution is 5.75. The number of carbonyl (C=O) groups excluding carboxylic acids is 1. The fraction of sp³-hybridized carbons (Fsp3) is 0.400. The largest absolute Gasteiger partial charge is 0.481 e. The first-order valence-corrected chi connectivity index (χ1v) is 5.09. The Morgan fingerprint density at radius 2 is 2.24 bits per heavy atom. The maximum Gasteiger partial charge on any atom is 0.315 e. The van der Waals surface area contributed by atoms with Crippen LogP contribution >= 0.6 is 0 Å². The van der Waals surface area contributed by atoms with Crippen LogP contribution in [0, 0.1) is 5.92 Å². The number of aromatic nitrogens is 2. The molecule has 1 heterocycles. The van der Waals surface area contributed by atoms with E-state index in [4.69, 9.17) is 5.11 Å². The average molecular weight is 238 g/mol. The molecule has 0 spiro atoms. The molecular formula is C10H14N4O3. The van der Waals surface area contributed by atoms with Crippen LogP contribution in [0.25, 0.3) is 0 Å². The number of carboxylic acid groups (broad SMARTS) is 1. The highest BCUT2D eigenvalue weighted by atomic mass is 16.4. The minimum Gasteiger partial charge on any atom is -0.481 e. The summed E-state index contributed by atoms with van der Waals surface area (Å²) in [6, 6.07) is 1.26. The van der Waals surface area contributed by atoms with Gasteiger partial charge in [0.05, 0.1) is 18.2 Å². The molecule has 92 valence electrons. The third-order valence-corrected chi connectivity index (χ3v) is 2.06. The summed E-state index contributed by atoms with van der Waals surface area (Å²) < 4.78 is 0. The number of nitrogens with zero attached hydrogens (tertiary/aromatic N) is 2. The van der Waals surface area contributed by atoms with E-state index in [0.29, 0.717) is 5.69 Å². The lowest BCUT2D eigenvalue weighted by Crippen LogP contribution is -2.39. The van der Waals surface area contributed by atoms with E-state index in [-0.39, 0.29) is 13.1 Å². The fourth-order valence-electron chi connectivity index (χ4n) is 0.989. The van der Waals surface area contributed by atoms with Gasteiger partial charge in [-0.3, -0.25) is 4.79 Å². The van der Waals surface area contributed by atoms with Crippen molar-refractivity contribution >= 4 is 12.0 Å². The van der Waals surface area contributed by atoms with Gasteiger partial charge in [-0.25, -0.2) is 14.8 Å². The maximum absolute atomic E-state index is 11.3. The number of carboxylic acids is 1. The van der Waals surface area contributed by atoms with Gasteiger partial charge in [-0.05, 0) is 6.07 Å². The Bertz CT molecular complexity index is 382. The molecule has 3 N–H and O–H groups in total. The molecule has 0 saturated carbocycles. The minimum absolute atomic E-state index is 0.0882. The molecule has 0 aromatic carbocycles. The van der Waals surface area contributed by atoms with Crippen LogP contribution in [-0.2, 0) is 11.3 Å². The second-order valence-electron chi connectivity index (χ2n) is 3.50. The summed E-state index contributed by atoms with van der Waals surface area (Å²) in [7, 11) is 0. The molecular weight excluding hydrogens is 224 g/mol. The minimum atomic E-state index is -0.943. The molecule has 0 aliphatic carbocycles. The van der Waals surface area contributed by atoms with Crippen LogP contribution in [0.2, 0.25) is 0 Å². The standard InChI is InChI=1S/C10H14N4O3/c1-7(9(15)16)4-12-10(17)13-5-8-2-3-11-6-14-8/h2-3,6-7H,4-5H2,1H3,(H,15,16)(H2,12,13,17). The third-order valence-electron chi connectivity index (χ3n) is 2.06. The SMILES string of the molecule is CC(CNC(=O)NCc1ccncn1)C(=O)O. The lowest BCUT2D eigenvalue weighted by atomic mass is 10.2. The van der Waals surface area contributed by atoms with Crippen molar-refractivity contribution in [2.75, 3.05) is 6.54 Å². The van der Waals surface area contributed by atoms with Crippen molar-refractivity contribution < 1.29 is 14.7 Å². The van der Waals surface area contributed by atoms with Gasteiger partial charge < -0.3 is 15.7 Å². The molecule has 0 fully saturated rings. The summed E-state index contributed by atoms with van der Waals surface area (Å²) in [5, 5.41) is 13.6. The van der Waals surface area contributed by atoms with Gasteiger partial charge in [0.2, 0.25) is 0 Å². The van der Waals surface area contributed by atoms with Crippen LogP contribution in [0.15, 0.2) is 18.6 Å². The maximum atomic E-state index is 11.3. The van der Waals surface area contributed by atoms with Crippen molar-refractivity contribution in [1.82, 2.24) is 20.6 Å². The zero-order chi connectivity index (χ0) is 12.7. The van der Waals surface area contributed by atoms with Crippen LogP contribution in [0.5, 0.6) is 0 Å². The van der Waals surface area contributed by atoms with E-state index in [1.807, 2.05) is 0 Å². The first kappa shape index (κ1) is 12.9. The zero-order valence-electron chi connectivity index (χ0n) is 9.38. The van der Waals surface area contributed by atoms with Gasteiger partial charge in [-0.1, -0.05) is 6.92 Å². The predicted molar refractivity (Wildman–Crippen MR) is 59.1 cm³/mol. The number of amides is 2. The zero-order valence-corrected chi connectivity index (χ0v) is 9.38. The Balaban J connectivity index is 2.24. The summed E-state index contributed by atoms with van der Waals surface area (Å²) in [4.78, 5) is 29.5. The van der Waals surface area contributed by atoms with Crippen molar-refractivity contribution in [3.05, 3.63) is 24.3 Å². The Morgan fingerprint density at radius 3 is 2.82 bits per heavy atom. The number of urea groups is 1. The lowest BCUT2D eigenvalue weighted by molar-refractivity contribution is -0.140. The second kappa shape index (κ2) is 6.41. The molecule has 7 heteroatoms. The third kappa shape index (κ3) is 4.92. The number of carbonyl (C=O) groups is 2. The van der Waals surface area contributed by atoms with Crippen LogP contribution in [0.3, 0.4) is 0 Å². The molecule has 0 radical (unpaired) electrons. The van der Waals surface area contributed by atoms with Gasteiger partial charge in [0, 0.05) is 12.7 Å². The molecule has 0 aliphatic rings. The summed E-state index contributed by atoms with van der Waals surface area (Å²) >= 11 is 0. The second-order valence-corrected chi connectivity index (χ2v) is 3.50. The van der Waals surface area contributed by atoms with E-state index in [1.54, 1.807) is 12.3 Å². The van der Waals surface area contributed by atoms with Gasteiger partial charge in [0.1, 0.15) is 6.33 Å². The first-order chi connectivity index (χ1) is 8.09. The van der Waals surface area contributed by atoms with Crippen LogP contribution in [0.1, 0.15) is 12.6 Å². The molecule has 2 amide bonds. The van der Waals surface area contributed by atoms with Crippen LogP contribution in [0.4, 0.5) is 4.79 Å². The average Bonchev–Trinajstić information content (AvgIpc) is 2.34. The molecule has 1 aromatic rings. The fourth-order valence-corrected chi connectivity index (χ4v) is 0.989. The van der Waals surface area contributed by atoms with E-state index in [1.165, 1.54) is 13.3 Å². The number of hydrogen-bond donors (Lipinski definition) is 3. The van der Waals surface area contributed by atoms with Crippen molar-refractivity contribution in [1.29, 1.82) is 0 Å². The first-order valence-electron chi connectivity index (χ1n) is 5.09. The molecule has 17 heavy (non-hydrogen) atoms. The molecule has 1 rings (SSSR count). The van der Waals surface area contributed by atoms with Crippen molar-refractivity contribution in [3.8, 4) is 0 Å². The summed E-state index contributed by atoms with van der Waals surface area (Å²) in [6.45, 7) is 1.88. The highest BCUT2D eigenvalue weighted by Crippen LogP contribution is 1.92. The predicted octanol–water partition coefficient (Wildman–Crippen LogP) is -0.00350. The summed E-state index contributed by atoms with van der Waals surface area (Å²) in [6.07, 6.45) is 2.97. The normalized spacial score (nSPS) is 11.6. The van der Waals surface area contributed by atoms with Crippen molar-refractivity contribution in [2.24, 2.45) is 5.92 Å². The van der Waals surface area contributed by atoms with E-state index >= 15 is 0 Å². The van der Waals surface area contributed by atoms with E-state index < -0.39 is 17.9 Å². The lowest BCUT2D eigenvalue weighted by Gasteiger charge is -2.09. The Hall–Kier alpha value is -2.18. The van der Waals surface area contributed by atoms with E-state index in [0.717, 1.165) is 0 Å². The molecule has 0 saturated heterocycles. The summed E-state index contributed by atoms with van der Waals surface area (Å²) in [5.74, 6) is -1.55. The van der Waals surface area contributed by atoms with Crippen molar-refractivity contribution in [3.63, 3.8) is 0 Å². The quantitative estimate of drug-likeness (QED) is 0.669. The van der Waals surface area contributed by atoms with E-state index in [2.05, 4.69) is 20.6 Å². The van der Waals surface area contributed by atoms with Crippen molar-refractivity contribution in [2.45, 2.75) is 13.5 Å². The number of nitrogens with one attached hydrogen (secondary N) is 2. The van der Waals surface area contributed by atoms with Crippen LogP contribution in [-0.4, -0.2) is 33.6 Å². The number of rotatable bonds is 5. The van der Waals surface area contributed by atoms with E-state index in [9.17, 15) is 9.59 Å².